The maximum Gasteiger partial charge on any atom is 0.410 e. The lowest BCUT2D eigenvalue weighted by Crippen LogP contribution is -2.54. The monoisotopic (exact) mass is 1840 g/mol. The number of aromatic carboxylic acids is 1. The number of carbonyl (C=O) groups excluding carboxylic acids is 8. The Labute approximate surface area is 751 Å². The smallest absolute Gasteiger partial charge is 0.410 e. The first-order chi connectivity index (χ1) is 62.4. The van der Waals surface area contributed by atoms with Crippen molar-refractivity contribution in [2.75, 3.05) is 181 Å². The zero-order chi connectivity index (χ0) is 92.2. The first-order valence-electron chi connectivity index (χ1n) is 41.9. The average molecular weight is 1840 g/mol. The number of nitrogens with one attached hydrogen (secondary N) is 5. The fraction of sp³-hybridized carbons (Fsp3) is 0.506. The van der Waals surface area contributed by atoms with Crippen LogP contribution in [0.2, 0.25) is 0 Å². The molecule has 4 aromatic heterocycles. The van der Waals surface area contributed by atoms with Crippen LogP contribution in [0.5, 0.6) is 5.75 Å². The van der Waals surface area contributed by atoms with E-state index in [1.54, 1.807) is 32.2 Å². The summed E-state index contributed by atoms with van der Waals surface area (Å²) in [7, 11) is 2.89. The van der Waals surface area contributed by atoms with E-state index in [0.717, 1.165) is 51.2 Å². The number of carboxylic acid groups (broad SMARTS) is 2. The molecule has 0 fully saturated rings. The van der Waals surface area contributed by atoms with Crippen LogP contribution >= 0.6 is 22.7 Å². The van der Waals surface area contributed by atoms with Gasteiger partial charge in [0.05, 0.1) is 168 Å². The number of primary amides is 1. The van der Waals surface area contributed by atoms with Crippen molar-refractivity contribution in [3.05, 3.63) is 129 Å². The number of anilines is 5. The van der Waals surface area contributed by atoms with Gasteiger partial charge in [0, 0.05) is 79.6 Å². The van der Waals surface area contributed by atoms with Crippen LogP contribution in [0.1, 0.15) is 101 Å². The largest absolute Gasteiger partial charge is 0.491 e. The lowest BCUT2D eigenvalue weighted by Gasteiger charge is -2.28. The Kier molecular flexibility index (Phi) is 42.4. The summed E-state index contributed by atoms with van der Waals surface area (Å²) in [5.41, 5.74) is 9.49. The van der Waals surface area contributed by atoms with E-state index in [-0.39, 0.29) is 127 Å². The highest BCUT2D eigenvalue weighted by molar-refractivity contribution is 7.22. The Morgan fingerprint density at radius 1 is 0.674 bits per heavy atom. The van der Waals surface area contributed by atoms with Crippen molar-refractivity contribution in [2.45, 2.75) is 111 Å². The highest BCUT2D eigenvalue weighted by Crippen LogP contribution is 2.40. The molecular formula is C85H110FN17O24S2. The van der Waals surface area contributed by atoms with Crippen molar-refractivity contribution < 1.29 is 119 Å². The molecule has 3 aromatic carbocycles. The lowest BCUT2D eigenvalue weighted by atomic mass is 10.0. The van der Waals surface area contributed by atoms with E-state index in [1.807, 2.05) is 36.1 Å². The van der Waals surface area contributed by atoms with E-state index in [1.165, 1.54) is 75.5 Å². The van der Waals surface area contributed by atoms with Crippen molar-refractivity contribution in [1.82, 2.24) is 65.8 Å². The molecule has 0 saturated heterocycles. The van der Waals surface area contributed by atoms with Gasteiger partial charge >= 0.3 is 30.2 Å². The molecule has 0 aliphatic carbocycles. The number of halogens is 1. The summed E-state index contributed by atoms with van der Waals surface area (Å²) < 4.78 is 84.7. The SMILES string of the molecule is Cc1c(Nc2nc3ccccc3s2)nnc2c1CCCN2c1nc(C(=O)O)c(CCCOc2ccc(C#CCN(C)C(=O)OCc3ccc(NC(=O)[C@H](CCCNC(N)=O)NC(=O)[C@@H](NC(=O)CCOCCN4C(=O)C=CC4=O)C(C)C)cc3CN(C)C(=O)OCc3cn(CCOCCOCCOCCOCCOCCOCCOCCOCCC(=O)O)nn3)cc2F)s1. The number of nitrogens with zero attached hydrogens (tertiary/aromatic N) is 11. The van der Waals surface area contributed by atoms with E-state index < -0.39 is 83.5 Å². The molecule has 44 heteroatoms. The predicted octanol–water partition coefficient (Wildman–Crippen LogP) is 6.46. The van der Waals surface area contributed by atoms with Crippen LogP contribution in [0.4, 0.5) is 46.4 Å². The molecule has 9 N–H and O–H groups in total. The van der Waals surface area contributed by atoms with Gasteiger partial charge in [0.15, 0.2) is 39.2 Å². The third kappa shape index (κ3) is 34.5. The Bertz CT molecular complexity index is 4920. The number of urea groups is 1. The van der Waals surface area contributed by atoms with Crippen LogP contribution < -0.4 is 42.0 Å². The number of aryl methyl sites for hydroxylation is 1. The van der Waals surface area contributed by atoms with Gasteiger partial charge in [-0.15, -0.1) is 26.6 Å². The molecule has 2 aliphatic heterocycles. The number of carbonyl (C=O) groups is 10. The number of aromatic nitrogens is 7. The Balaban J connectivity index is 0.737. The number of fused-ring (bicyclic) bond motifs is 2. The molecular weight excluding hydrogens is 1730 g/mol. The lowest BCUT2D eigenvalue weighted by molar-refractivity contribution is -0.139. The zero-order valence-corrected chi connectivity index (χ0v) is 74.2. The number of amides is 9. The minimum Gasteiger partial charge on any atom is -0.491 e. The number of benzene rings is 3. The second-order valence-corrected chi connectivity index (χ2v) is 31.5. The molecule has 9 amide bonds. The second kappa shape index (κ2) is 54.3. The summed E-state index contributed by atoms with van der Waals surface area (Å²) in [6.45, 7) is 10.7. The van der Waals surface area contributed by atoms with Gasteiger partial charge in [0.1, 0.15) is 31.0 Å². The fourth-order valence-electron chi connectivity index (χ4n) is 12.6. The fourth-order valence-corrected chi connectivity index (χ4v) is 14.5. The third-order valence-electron chi connectivity index (χ3n) is 19.3. The summed E-state index contributed by atoms with van der Waals surface area (Å²) in [6.07, 6.45) is 4.28. The van der Waals surface area contributed by atoms with Crippen LogP contribution in [0, 0.1) is 30.5 Å². The van der Waals surface area contributed by atoms with Crippen LogP contribution in [-0.4, -0.2) is 298 Å². The summed E-state index contributed by atoms with van der Waals surface area (Å²) in [6, 6.07) is 13.4. The van der Waals surface area contributed by atoms with Gasteiger partial charge in [0.2, 0.25) is 17.7 Å². The number of hydrogen-bond donors (Lipinski definition) is 8. The number of thiazole rings is 2. The molecule has 0 bridgehead atoms. The van der Waals surface area contributed by atoms with Gasteiger partial charge in [0.25, 0.3) is 11.8 Å². The molecule has 698 valence electrons. The second-order valence-electron chi connectivity index (χ2n) is 29.4. The summed E-state index contributed by atoms with van der Waals surface area (Å²) in [4.78, 5) is 143. The molecule has 0 spiro atoms. The van der Waals surface area contributed by atoms with Gasteiger partial charge in [-0.2, -0.15) is 0 Å². The van der Waals surface area contributed by atoms with Crippen molar-refractivity contribution >= 4 is 120 Å². The standard InChI is InChI=1S/C85H110FN17O24S2/c1-56(2)74(92-70(104)24-32-116-35-30-102-71(105)22-23-72(102)106)79(110)90-66(15-8-26-88-81(87)113)78(109)89-61-20-19-59(60(51-61)52-100(5)85(115)127-55-62-53-101(98-95-62)29-34-118-37-39-120-41-43-122-45-47-124-49-48-123-46-44-121-42-40-119-38-36-117-33-25-73(107)108)54-126-84(114)99(4)27-9-12-58-18-21-67(64(86)50-58)125-31-11-17-69-75(80(111)112)93-83(129-69)103-28-10-13-63-57(3)76(96-97-77(63)103)94-82-91-65-14-6-7-16-68(65)128-82/h6-7,14,16,18-23,50-51,53,56,66,74H,8,10-11,13,15,17,24-49,52,54-55H2,1-5H3,(H,89,109)(H,90,110)(H,92,104)(H,107,108)(H,111,112)(H3,87,88,113)(H,91,94,96)/t66-,74-/m0/s1. The van der Waals surface area contributed by atoms with Crippen LogP contribution in [0.25, 0.3) is 10.2 Å². The third-order valence-corrected chi connectivity index (χ3v) is 21.4. The molecule has 9 rings (SSSR count). The number of nitrogens with two attached hydrogens (primary N) is 1. The normalized spacial score (nSPS) is 12.8. The summed E-state index contributed by atoms with van der Waals surface area (Å²) in [5.74, 6) is 0.603. The zero-order valence-electron chi connectivity index (χ0n) is 72.6. The number of ether oxygens (including phenoxy) is 12. The molecule has 2 atom stereocenters. The average Bonchev–Trinajstić information content (AvgIpc) is 1.71. The van der Waals surface area contributed by atoms with E-state index in [0.29, 0.717) is 156 Å². The quantitative estimate of drug-likeness (QED) is 0.0115. The van der Waals surface area contributed by atoms with Crippen molar-refractivity contribution in [2.24, 2.45) is 11.7 Å². The molecule has 0 saturated carbocycles. The Hall–Kier alpha value is -12.0. The highest BCUT2D eigenvalue weighted by atomic mass is 32.1. The van der Waals surface area contributed by atoms with Gasteiger partial charge in [-0.3, -0.25) is 33.7 Å². The molecule has 0 radical (unpaired) electrons. The van der Waals surface area contributed by atoms with E-state index >= 15 is 4.39 Å². The number of imide groups is 1. The Morgan fingerprint density at radius 2 is 1.31 bits per heavy atom. The Morgan fingerprint density at radius 3 is 1.96 bits per heavy atom. The number of carboxylic acids is 2. The van der Waals surface area contributed by atoms with Gasteiger partial charge < -0.3 is 114 Å². The van der Waals surface area contributed by atoms with E-state index in [9.17, 15) is 53.1 Å². The number of para-hydroxylation sites is 1. The van der Waals surface area contributed by atoms with Gasteiger partial charge in [-0.05, 0) is 105 Å². The number of rotatable bonds is 59. The number of hydrogen-bond acceptors (Lipinski definition) is 32. The van der Waals surface area contributed by atoms with Crippen LogP contribution in [-0.2, 0) is 120 Å². The molecule has 6 heterocycles. The van der Waals surface area contributed by atoms with Crippen LogP contribution in [0.15, 0.2) is 79.0 Å². The topological polar surface area (TPSA) is 503 Å². The minimum atomic E-state index is -1.27. The van der Waals surface area contributed by atoms with E-state index in [2.05, 4.69) is 68.9 Å². The van der Waals surface area contributed by atoms with Crippen LogP contribution in [0.3, 0.4) is 0 Å². The van der Waals surface area contributed by atoms with Crippen molar-refractivity contribution in [1.29, 1.82) is 0 Å². The highest BCUT2D eigenvalue weighted by Gasteiger charge is 2.32. The molecule has 7 aromatic rings. The predicted molar refractivity (Wildman–Crippen MR) is 466 cm³/mol. The van der Waals surface area contributed by atoms with Gasteiger partial charge in [-0.1, -0.05) is 60.4 Å². The molecule has 0 unspecified atom stereocenters. The number of aliphatic carboxylic acids is 1. The minimum absolute atomic E-state index is 0.0231. The van der Waals surface area contributed by atoms with E-state index in [4.69, 9.17) is 67.7 Å². The van der Waals surface area contributed by atoms with Crippen molar-refractivity contribution in [3.63, 3.8) is 0 Å². The van der Waals surface area contributed by atoms with Gasteiger partial charge in [-0.25, -0.2) is 38.2 Å². The molecule has 2 aliphatic rings. The maximum absolute atomic E-state index is 15.6. The first kappa shape index (κ1) is 101. The summed E-state index contributed by atoms with van der Waals surface area (Å²) >= 11 is 2.75. The molecule has 41 nitrogen and oxygen atoms in total. The van der Waals surface area contributed by atoms with Crippen molar-refractivity contribution in [3.8, 4) is 17.6 Å². The first-order valence-corrected chi connectivity index (χ1v) is 43.6. The summed E-state index contributed by atoms with van der Waals surface area (Å²) in [5, 5.41) is 51.4. The maximum atomic E-state index is 15.6. The molecule has 129 heavy (non-hydrogen) atoms.